The van der Waals surface area contributed by atoms with E-state index in [0.29, 0.717) is 0 Å². The van der Waals surface area contributed by atoms with E-state index < -0.39 is 50.1 Å². The van der Waals surface area contributed by atoms with Crippen LogP contribution in [-0.2, 0) is 20.9 Å². The Morgan fingerprint density at radius 2 is 2.10 bits per heavy atom. The fourth-order valence-electron chi connectivity index (χ4n) is 3.15. The number of aromatic nitrogens is 6. The highest BCUT2D eigenvalue weighted by atomic mass is 31.2. The third-order valence-corrected chi connectivity index (χ3v) is 6.17. The molecule has 166 valence electrons. The van der Waals surface area contributed by atoms with Gasteiger partial charge in [-0.25, -0.2) is 23.2 Å². The predicted molar refractivity (Wildman–Crippen MR) is 102 cm³/mol. The number of nitrogens with zero attached hydrogens (tertiary/aromatic N) is 5. The van der Waals surface area contributed by atoms with Gasteiger partial charge in [0.1, 0.15) is 24.6 Å². The summed E-state index contributed by atoms with van der Waals surface area (Å²) in [5, 5.41) is 20.5. The first-order valence-corrected chi connectivity index (χ1v) is 10.4. The molecule has 0 saturated carbocycles. The van der Waals surface area contributed by atoms with Gasteiger partial charge in [0.15, 0.2) is 11.7 Å². The maximum absolute atomic E-state index is 12.7. The van der Waals surface area contributed by atoms with Gasteiger partial charge < -0.3 is 25.6 Å². The number of aliphatic hydroxyl groups excluding tert-OH is 2. The molecule has 0 bridgehead atoms. The third kappa shape index (κ3) is 3.67. The van der Waals surface area contributed by atoms with Crippen LogP contribution >= 0.6 is 7.75 Å². The number of aromatic amines is 1. The van der Waals surface area contributed by atoms with Crippen LogP contribution in [0.2, 0.25) is 0 Å². The Morgan fingerprint density at radius 3 is 2.81 bits per heavy atom. The second-order valence-corrected chi connectivity index (χ2v) is 8.52. The Morgan fingerprint density at radius 1 is 1.35 bits per heavy atom. The van der Waals surface area contributed by atoms with Gasteiger partial charge in [-0.2, -0.15) is 0 Å². The molecule has 16 heteroatoms. The number of rotatable bonds is 5. The van der Waals surface area contributed by atoms with Crippen LogP contribution in [0.25, 0.3) is 11.2 Å². The van der Waals surface area contributed by atoms with Crippen molar-refractivity contribution in [2.45, 2.75) is 24.5 Å². The number of hydrogen-bond donors (Lipinski definition) is 5. The normalized spacial score (nSPS) is 25.7. The maximum atomic E-state index is 12.7. The zero-order valence-electron chi connectivity index (χ0n) is 16.0. The number of ether oxygens (including phenoxy) is 1. The molecule has 4 rings (SSSR count). The Labute approximate surface area is 172 Å². The summed E-state index contributed by atoms with van der Waals surface area (Å²) in [4.78, 5) is 43.5. The van der Waals surface area contributed by atoms with E-state index in [9.17, 15) is 29.3 Å². The van der Waals surface area contributed by atoms with Crippen LogP contribution < -0.4 is 21.5 Å². The van der Waals surface area contributed by atoms with Crippen molar-refractivity contribution in [2.75, 3.05) is 12.3 Å². The summed E-state index contributed by atoms with van der Waals surface area (Å²) in [6, 6.07) is 1.04. The lowest BCUT2D eigenvalue weighted by Crippen LogP contribution is -2.37. The molecule has 1 saturated heterocycles. The molecule has 3 aromatic rings. The lowest BCUT2D eigenvalue weighted by atomic mass is 10.1. The van der Waals surface area contributed by atoms with E-state index in [2.05, 4.69) is 9.97 Å². The molecule has 1 aliphatic heterocycles. The minimum absolute atomic E-state index is 0.00651. The fraction of sp³-hybridized carbons (Fsp3) is 0.400. The predicted octanol–water partition coefficient (Wildman–Crippen LogP) is -3.03. The standard InChI is InChI=1S/C15H18N7O8P/c1-20-5-18-13-9(12(20)16)17-6-22(13)31(27,28)29-4-7-10(24)11(25)14(30-7)21-3-2-8(23)19-15(21)26/h2-3,5-7,10-11,14,16,24-25H,4H2,1H3,(H2,19,23,26,27,28)/p+1/t7-,10-,11-,14-/m1/s1. The van der Waals surface area contributed by atoms with Gasteiger partial charge in [-0.3, -0.25) is 18.9 Å². The van der Waals surface area contributed by atoms with E-state index in [-0.39, 0.29) is 17.0 Å². The molecule has 0 amide bonds. The van der Waals surface area contributed by atoms with Crippen molar-refractivity contribution in [1.29, 1.82) is 0 Å². The van der Waals surface area contributed by atoms with Crippen LogP contribution in [0.15, 0.2) is 34.5 Å². The van der Waals surface area contributed by atoms with E-state index in [1.807, 2.05) is 4.98 Å². The number of nitrogen functional groups attached to an aromatic ring is 1. The molecular weight excluding hydrogens is 437 g/mol. The zero-order valence-corrected chi connectivity index (χ0v) is 16.9. The van der Waals surface area contributed by atoms with E-state index in [4.69, 9.17) is 15.0 Å². The average Bonchev–Trinajstić information content (AvgIpc) is 3.27. The third-order valence-electron chi connectivity index (χ3n) is 4.84. The van der Waals surface area contributed by atoms with Gasteiger partial charge in [-0.15, -0.1) is 0 Å². The number of hydrogen-bond acceptors (Lipinski definition) is 10. The van der Waals surface area contributed by atoms with Crippen molar-refractivity contribution < 1.29 is 33.5 Å². The topological polar surface area (TPSA) is 212 Å². The number of imidazole rings is 1. The number of fused-ring (bicyclic) bond motifs is 1. The Balaban J connectivity index is 1.53. The molecule has 31 heavy (non-hydrogen) atoms. The van der Waals surface area contributed by atoms with Crippen LogP contribution in [0.4, 0.5) is 5.82 Å². The van der Waals surface area contributed by atoms with Crippen molar-refractivity contribution in [3.05, 3.63) is 45.8 Å². The van der Waals surface area contributed by atoms with E-state index in [0.717, 1.165) is 27.5 Å². The van der Waals surface area contributed by atoms with Crippen molar-refractivity contribution in [2.24, 2.45) is 7.05 Å². The average molecular weight is 456 g/mol. The van der Waals surface area contributed by atoms with Crippen LogP contribution in [-0.4, -0.2) is 63.9 Å². The highest BCUT2D eigenvalue weighted by Crippen LogP contribution is 2.46. The largest absolute Gasteiger partial charge is 0.440 e. The molecule has 6 N–H and O–H groups in total. The lowest BCUT2D eigenvalue weighted by molar-refractivity contribution is -0.658. The van der Waals surface area contributed by atoms with E-state index >= 15 is 0 Å². The summed E-state index contributed by atoms with van der Waals surface area (Å²) in [5.41, 5.74) is 4.56. The van der Waals surface area contributed by atoms with E-state index in [1.54, 1.807) is 7.05 Å². The highest BCUT2D eigenvalue weighted by molar-refractivity contribution is 7.51. The van der Waals surface area contributed by atoms with Crippen molar-refractivity contribution >= 4 is 24.7 Å². The smallest absolute Gasteiger partial charge is 0.387 e. The minimum atomic E-state index is -4.55. The molecule has 0 radical (unpaired) electrons. The molecule has 0 spiro atoms. The fourth-order valence-corrected chi connectivity index (χ4v) is 4.18. The first-order valence-electron chi connectivity index (χ1n) is 8.88. The first-order chi connectivity index (χ1) is 14.6. The van der Waals surface area contributed by atoms with Gasteiger partial charge in [0.05, 0.1) is 13.7 Å². The lowest BCUT2D eigenvalue weighted by Gasteiger charge is -2.18. The maximum Gasteiger partial charge on any atom is 0.440 e. The van der Waals surface area contributed by atoms with Gasteiger partial charge in [0.2, 0.25) is 6.33 Å². The van der Waals surface area contributed by atoms with Gasteiger partial charge in [0, 0.05) is 12.3 Å². The Kier molecular flexibility index (Phi) is 5.25. The van der Waals surface area contributed by atoms with E-state index in [1.165, 1.54) is 10.9 Å². The summed E-state index contributed by atoms with van der Waals surface area (Å²) < 4.78 is 26.5. The number of aliphatic hydroxyl groups is 2. The minimum Gasteiger partial charge on any atom is -0.387 e. The number of nitrogens with two attached hydrogens (primary N) is 1. The van der Waals surface area contributed by atoms with Gasteiger partial charge in [-0.05, 0) is 0 Å². The summed E-state index contributed by atoms with van der Waals surface area (Å²) in [6.07, 6.45) is -2.25. The molecule has 1 unspecified atom stereocenters. The zero-order chi connectivity index (χ0) is 22.5. The Bertz CT molecular complexity index is 1300. The summed E-state index contributed by atoms with van der Waals surface area (Å²) in [5.74, 6) is 0.218. The first kappa shape index (κ1) is 21.3. The molecule has 15 nitrogen and oxygen atoms in total. The molecule has 0 aromatic carbocycles. The van der Waals surface area contributed by atoms with Crippen molar-refractivity contribution in [1.82, 2.24) is 23.9 Å². The number of H-pyrrole nitrogens is 1. The molecule has 3 aromatic heterocycles. The van der Waals surface area contributed by atoms with Gasteiger partial charge in [0.25, 0.3) is 17.0 Å². The number of anilines is 1. The molecular formula is C15H19N7O8P+. The quantitative estimate of drug-likeness (QED) is 0.192. The van der Waals surface area contributed by atoms with Gasteiger partial charge in [-0.1, -0.05) is 4.98 Å². The van der Waals surface area contributed by atoms with Crippen molar-refractivity contribution in [3.63, 3.8) is 0 Å². The summed E-state index contributed by atoms with van der Waals surface area (Å²) in [6.45, 7) is -0.615. The SMILES string of the molecule is C[n+]1cnc2c(ncn2P(=O)(O)OC[C@H]2O[C@@H](n3ccc(=O)[nH]c3=O)[C@H](O)[C@@H]2O)c1N. The second-order valence-electron chi connectivity index (χ2n) is 6.85. The van der Waals surface area contributed by atoms with Crippen LogP contribution in [0.3, 0.4) is 0 Å². The molecule has 0 aliphatic carbocycles. The summed E-state index contributed by atoms with van der Waals surface area (Å²) in [7, 11) is -2.92. The van der Waals surface area contributed by atoms with Crippen LogP contribution in [0.5, 0.6) is 0 Å². The highest BCUT2D eigenvalue weighted by Gasteiger charge is 2.45. The van der Waals surface area contributed by atoms with Crippen molar-refractivity contribution in [3.8, 4) is 0 Å². The summed E-state index contributed by atoms with van der Waals surface area (Å²) >= 11 is 0. The second kappa shape index (κ2) is 7.64. The van der Waals surface area contributed by atoms with Gasteiger partial charge >= 0.3 is 13.4 Å². The number of aryl methyl sites for hydroxylation is 1. The molecule has 4 heterocycles. The molecule has 5 atom stereocenters. The number of nitrogens with one attached hydrogen (secondary N) is 1. The molecule has 1 aliphatic rings. The van der Waals surface area contributed by atoms with Crippen LogP contribution in [0.1, 0.15) is 6.23 Å². The molecule has 1 fully saturated rings. The monoisotopic (exact) mass is 456 g/mol. The van der Waals surface area contributed by atoms with Crippen LogP contribution in [0, 0.1) is 0 Å². The Hall–Kier alpha value is -2.94.